The predicted molar refractivity (Wildman–Crippen MR) is 79.3 cm³/mol. The zero-order chi connectivity index (χ0) is 15.1. The highest BCUT2D eigenvalue weighted by molar-refractivity contribution is 5.74. The Morgan fingerprint density at radius 2 is 1.90 bits per heavy atom. The van der Waals surface area contributed by atoms with E-state index < -0.39 is 0 Å². The fourth-order valence-electron chi connectivity index (χ4n) is 1.80. The summed E-state index contributed by atoms with van der Waals surface area (Å²) in [6.45, 7) is 6.66. The number of hydrogen-bond acceptors (Lipinski definition) is 3. The van der Waals surface area contributed by atoms with Gasteiger partial charge in [0, 0.05) is 12.1 Å². The van der Waals surface area contributed by atoms with Crippen LogP contribution in [-0.4, -0.2) is 26.8 Å². The molecular weight excluding hydrogens is 256 g/mol. The second-order valence-electron chi connectivity index (χ2n) is 5.08. The van der Waals surface area contributed by atoms with E-state index in [2.05, 4.69) is 24.5 Å². The number of nitrogens with one attached hydrogen (secondary N) is 2. The van der Waals surface area contributed by atoms with Gasteiger partial charge in [0.1, 0.15) is 11.5 Å². The van der Waals surface area contributed by atoms with Crippen LogP contribution in [0.3, 0.4) is 0 Å². The van der Waals surface area contributed by atoms with E-state index in [1.807, 2.05) is 25.1 Å². The summed E-state index contributed by atoms with van der Waals surface area (Å²) in [6.07, 6.45) is 0. The van der Waals surface area contributed by atoms with Gasteiger partial charge >= 0.3 is 6.03 Å². The molecule has 1 rings (SSSR count). The monoisotopic (exact) mass is 280 g/mol. The molecule has 20 heavy (non-hydrogen) atoms. The molecule has 0 aliphatic rings. The standard InChI is InChI=1S/C15H24N2O3/c1-10(2)9-16-15(18)17-11(3)13-8-12(19-4)6-7-14(13)20-5/h6-8,10-11H,9H2,1-5H3,(H2,16,17,18)/t11-/m1/s1. The Kier molecular flexibility index (Phi) is 6.15. The van der Waals surface area contributed by atoms with Crippen LogP contribution < -0.4 is 20.1 Å². The Balaban J connectivity index is 2.75. The van der Waals surface area contributed by atoms with E-state index in [4.69, 9.17) is 9.47 Å². The molecule has 0 saturated heterocycles. The van der Waals surface area contributed by atoms with Gasteiger partial charge in [-0.25, -0.2) is 4.79 Å². The maximum absolute atomic E-state index is 11.8. The number of carbonyl (C=O) groups is 1. The Bertz CT molecular complexity index is 447. The molecule has 1 aromatic carbocycles. The number of methoxy groups -OCH3 is 2. The van der Waals surface area contributed by atoms with Gasteiger partial charge in [0.25, 0.3) is 0 Å². The third kappa shape index (κ3) is 4.64. The van der Waals surface area contributed by atoms with Crippen LogP contribution in [0.4, 0.5) is 4.79 Å². The van der Waals surface area contributed by atoms with Gasteiger partial charge in [-0.2, -0.15) is 0 Å². The van der Waals surface area contributed by atoms with Gasteiger partial charge < -0.3 is 20.1 Å². The van der Waals surface area contributed by atoms with Crippen molar-refractivity contribution < 1.29 is 14.3 Å². The molecule has 0 spiro atoms. The highest BCUT2D eigenvalue weighted by atomic mass is 16.5. The highest BCUT2D eigenvalue weighted by Crippen LogP contribution is 2.29. The molecule has 0 aromatic heterocycles. The van der Waals surface area contributed by atoms with Crippen LogP contribution in [0.25, 0.3) is 0 Å². The van der Waals surface area contributed by atoms with Crippen LogP contribution in [0.15, 0.2) is 18.2 Å². The van der Waals surface area contributed by atoms with Crippen molar-refractivity contribution in [3.05, 3.63) is 23.8 Å². The molecule has 0 aliphatic heterocycles. The van der Waals surface area contributed by atoms with Gasteiger partial charge in [-0.3, -0.25) is 0 Å². The quantitative estimate of drug-likeness (QED) is 0.842. The molecule has 0 fully saturated rings. The first-order valence-electron chi connectivity index (χ1n) is 6.74. The van der Waals surface area contributed by atoms with Crippen LogP contribution >= 0.6 is 0 Å². The summed E-state index contributed by atoms with van der Waals surface area (Å²) in [6, 6.07) is 5.17. The lowest BCUT2D eigenvalue weighted by atomic mass is 10.1. The van der Waals surface area contributed by atoms with E-state index in [0.29, 0.717) is 12.5 Å². The lowest BCUT2D eigenvalue weighted by Gasteiger charge is -2.19. The van der Waals surface area contributed by atoms with Crippen LogP contribution in [0.1, 0.15) is 32.4 Å². The predicted octanol–water partition coefficient (Wildman–Crippen LogP) is 2.72. The summed E-state index contributed by atoms with van der Waals surface area (Å²) in [5, 5.41) is 5.72. The number of rotatable bonds is 6. The van der Waals surface area contributed by atoms with Gasteiger partial charge in [0.05, 0.1) is 20.3 Å². The molecule has 2 N–H and O–H groups in total. The van der Waals surface area contributed by atoms with Crippen LogP contribution in [-0.2, 0) is 0 Å². The summed E-state index contributed by atoms with van der Waals surface area (Å²) >= 11 is 0. The Hall–Kier alpha value is -1.91. The topological polar surface area (TPSA) is 59.6 Å². The molecule has 5 nitrogen and oxygen atoms in total. The second kappa shape index (κ2) is 7.62. The van der Waals surface area contributed by atoms with Crippen LogP contribution in [0, 0.1) is 5.92 Å². The number of ether oxygens (including phenoxy) is 2. The van der Waals surface area contributed by atoms with Gasteiger partial charge in [-0.1, -0.05) is 13.8 Å². The van der Waals surface area contributed by atoms with Gasteiger partial charge in [0.2, 0.25) is 0 Å². The maximum atomic E-state index is 11.8. The summed E-state index contributed by atoms with van der Waals surface area (Å²) in [5.74, 6) is 1.88. The minimum Gasteiger partial charge on any atom is -0.497 e. The number of amides is 2. The Morgan fingerprint density at radius 1 is 1.20 bits per heavy atom. The fourth-order valence-corrected chi connectivity index (χ4v) is 1.80. The van der Waals surface area contributed by atoms with Crippen molar-refractivity contribution in [2.24, 2.45) is 5.92 Å². The van der Waals surface area contributed by atoms with Crippen molar-refractivity contribution in [2.45, 2.75) is 26.8 Å². The van der Waals surface area contributed by atoms with Gasteiger partial charge in [0.15, 0.2) is 0 Å². The third-order valence-electron chi connectivity index (χ3n) is 2.92. The first-order chi connectivity index (χ1) is 9.47. The van der Waals surface area contributed by atoms with Gasteiger partial charge in [-0.15, -0.1) is 0 Å². The van der Waals surface area contributed by atoms with Crippen molar-refractivity contribution in [3.63, 3.8) is 0 Å². The Labute approximate surface area is 120 Å². The van der Waals surface area contributed by atoms with Crippen molar-refractivity contribution >= 4 is 6.03 Å². The summed E-state index contributed by atoms with van der Waals surface area (Å²) in [7, 11) is 3.22. The molecule has 1 aromatic rings. The van der Waals surface area contributed by atoms with E-state index in [1.165, 1.54) is 0 Å². The first kappa shape index (κ1) is 16.1. The van der Waals surface area contributed by atoms with E-state index in [0.717, 1.165) is 17.1 Å². The maximum Gasteiger partial charge on any atom is 0.315 e. The smallest absolute Gasteiger partial charge is 0.315 e. The second-order valence-corrected chi connectivity index (χ2v) is 5.08. The molecule has 0 unspecified atom stereocenters. The average molecular weight is 280 g/mol. The number of urea groups is 1. The van der Waals surface area contributed by atoms with Crippen molar-refractivity contribution in [3.8, 4) is 11.5 Å². The molecule has 0 bridgehead atoms. The summed E-state index contributed by atoms with van der Waals surface area (Å²) < 4.78 is 10.5. The lowest BCUT2D eigenvalue weighted by Crippen LogP contribution is -2.38. The summed E-state index contributed by atoms with van der Waals surface area (Å²) in [4.78, 5) is 11.8. The normalized spacial score (nSPS) is 11.9. The summed E-state index contributed by atoms with van der Waals surface area (Å²) in [5.41, 5.74) is 0.881. The van der Waals surface area contributed by atoms with Crippen LogP contribution in [0.5, 0.6) is 11.5 Å². The van der Waals surface area contributed by atoms with Crippen molar-refractivity contribution in [1.82, 2.24) is 10.6 Å². The minimum atomic E-state index is -0.184. The zero-order valence-electron chi connectivity index (χ0n) is 12.8. The fraction of sp³-hybridized carbons (Fsp3) is 0.533. The SMILES string of the molecule is COc1ccc(OC)c([C@@H](C)NC(=O)NCC(C)C)c1. The van der Waals surface area contributed by atoms with Crippen molar-refractivity contribution in [2.75, 3.05) is 20.8 Å². The van der Waals surface area contributed by atoms with E-state index >= 15 is 0 Å². The molecular formula is C15H24N2O3. The molecule has 0 aliphatic carbocycles. The lowest BCUT2D eigenvalue weighted by molar-refractivity contribution is 0.236. The Morgan fingerprint density at radius 3 is 2.45 bits per heavy atom. The molecule has 0 heterocycles. The zero-order valence-corrected chi connectivity index (χ0v) is 12.8. The molecule has 112 valence electrons. The van der Waals surface area contributed by atoms with Gasteiger partial charge in [-0.05, 0) is 31.0 Å². The van der Waals surface area contributed by atoms with E-state index in [1.54, 1.807) is 14.2 Å². The third-order valence-corrected chi connectivity index (χ3v) is 2.92. The number of hydrogen-bond donors (Lipinski definition) is 2. The first-order valence-corrected chi connectivity index (χ1v) is 6.74. The average Bonchev–Trinajstić information content (AvgIpc) is 2.44. The molecule has 2 amide bonds. The minimum absolute atomic E-state index is 0.174. The van der Waals surface area contributed by atoms with E-state index in [9.17, 15) is 4.79 Å². The van der Waals surface area contributed by atoms with Crippen LogP contribution in [0.2, 0.25) is 0 Å². The molecule has 5 heteroatoms. The van der Waals surface area contributed by atoms with Crippen molar-refractivity contribution in [1.29, 1.82) is 0 Å². The number of benzene rings is 1. The largest absolute Gasteiger partial charge is 0.497 e. The number of carbonyl (C=O) groups excluding carboxylic acids is 1. The highest BCUT2D eigenvalue weighted by Gasteiger charge is 2.15. The molecule has 0 saturated carbocycles. The van der Waals surface area contributed by atoms with E-state index in [-0.39, 0.29) is 12.1 Å². The molecule has 0 radical (unpaired) electrons. The molecule has 1 atom stereocenters.